The number of rotatable bonds is 3. The maximum absolute atomic E-state index is 14.7. The van der Waals surface area contributed by atoms with E-state index in [0.29, 0.717) is 5.56 Å². The second kappa shape index (κ2) is 6.62. The number of hydrogen-bond acceptors (Lipinski definition) is 4. The molecular formula is C22H24F2N4O. The fourth-order valence-corrected chi connectivity index (χ4v) is 4.36. The number of halogens is 2. The Morgan fingerprint density at radius 2 is 1.79 bits per heavy atom. The fourth-order valence-electron chi connectivity index (χ4n) is 4.36. The Morgan fingerprint density at radius 1 is 1.14 bits per heavy atom. The van der Waals surface area contributed by atoms with Gasteiger partial charge in [0.2, 0.25) is 5.91 Å². The summed E-state index contributed by atoms with van der Waals surface area (Å²) in [6.45, 7) is 1.65. The molecule has 4 rings (SSSR count). The van der Waals surface area contributed by atoms with E-state index in [-0.39, 0.29) is 23.0 Å². The zero-order valence-electron chi connectivity index (χ0n) is 16.5. The first-order chi connectivity index (χ1) is 13.7. The van der Waals surface area contributed by atoms with Gasteiger partial charge >= 0.3 is 0 Å². The maximum atomic E-state index is 14.7. The number of nitrogens with two attached hydrogens (primary N) is 2. The Morgan fingerprint density at radius 3 is 2.34 bits per heavy atom. The zero-order valence-corrected chi connectivity index (χ0v) is 16.5. The monoisotopic (exact) mass is 398 g/mol. The molecule has 5 nitrogen and oxygen atoms in total. The largest absolute Gasteiger partial charge is 0.369 e. The third kappa shape index (κ3) is 3.00. The smallest absolute Gasteiger partial charge is 0.239 e. The number of benzene rings is 2. The highest BCUT2D eigenvalue weighted by Crippen LogP contribution is 2.45. The predicted octanol–water partition coefficient (Wildman–Crippen LogP) is 3.09. The predicted molar refractivity (Wildman–Crippen MR) is 107 cm³/mol. The van der Waals surface area contributed by atoms with Crippen LogP contribution < -0.4 is 11.5 Å². The summed E-state index contributed by atoms with van der Waals surface area (Å²) in [6, 6.07) is 10.8. The molecule has 7 heteroatoms. The Balaban J connectivity index is 1.83. The summed E-state index contributed by atoms with van der Waals surface area (Å²) in [5, 5.41) is 0. The molecule has 1 saturated carbocycles. The van der Waals surface area contributed by atoms with Crippen LogP contribution in [0.5, 0.6) is 0 Å². The van der Waals surface area contributed by atoms with Crippen LogP contribution >= 0.6 is 0 Å². The number of nitrogens with zero attached hydrogens (tertiary/aromatic N) is 2. The maximum Gasteiger partial charge on any atom is 0.239 e. The third-order valence-corrected chi connectivity index (χ3v) is 6.37. The van der Waals surface area contributed by atoms with Crippen molar-refractivity contribution in [3.63, 3.8) is 0 Å². The molecule has 0 unspecified atom stereocenters. The molecule has 152 valence electrons. The summed E-state index contributed by atoms with van der Waals surface area (Å²) in [4.78, 5) is 18.9. The van der Waals surface area contributed by atoms with Crippen molar-refractivity contribution in [3.05, 3.63) is 70.8 Å². The normalized spacial score (nSPS) is 26.1. The van der Waals surface area contributed by atoms with E-state index in [1.807, 2.05) is 24.3 Å². The minimum atomic E-state index is -1.32. The first kappa shape index (κ1) is 19.5. The molecule has 2 aromatic carbocycles. The average molecular weight is 398 g/mol. The number of carbonyl (C=O) groups excluding carboxylic acids is 1. The van der Waals surface area contributed by atoms with E-state index in [0.717, 1.165) is 37.0 Å². The molecule has 2 aliphatic rings. The summed E-state index contributed by atoms with van der Waals surface area (Å²) in [5.74, 6) is -2.59. The van der Waals surface area contributed by atoms with Crippen LogP contribution in [0.2, 0.25) is 0 Å². The molecule has 1 aliphatic carbocycles. The lowest BCUT2D eigenvalue weighted by molar-refractivity contribution is -0.130. The van der Waals surface area contributed by atoms with Gasteiger partial charge in [-0.1, -0.05) is 30.3 Å². The fraction of sp³-hybridized carbons (Fsp3) is 0.364. The highest BCUT2D eigenvalue weighted by molar-refractivity contribution is 6.02. The highest BCUT2D eigenvalue weighted by atomic mass is 19.1. The Labute approximate surface area is 168 Å². The summed E-state index contributed by atoms with van der Waals surface area (Å²) < 4.78 is 28.2. The van der Waals surface area contributed by atoms with Gasteiger partial charge in [0, 0.05) is 24.2 Å². The quantitative estimate of drug-likeness (QED) is 0.833. The van der Waals surface area contributed by atoms with Gasteiger partial charge in [0.25, 0.3) is 0 Å². The molecule has 1 amide bonds. The minimum Gasteiger partial charge on any atom is -0.369 e. The molecule has 2 aromatic rings. The van der Waals surface area contributed by atoms with E-state index < -0.39 is 23.1 Å². The van der Waals surface area contributed by atoms with E-state index in [9.17, 15) is 13.6 Å². The van der Waals surface area contributed by atoms with E-state index in [2.05, 4.69) is 4.99 Å². The molecule has 1 heterocycles. The van der Waals surface area contributed by atoms with Gasteiger partial charge in [-0.05, 0) is 43.4 Å². The molecule has 4 N–H and O–H groups in total. The van der Waals surface area contributed by atoms with Crippen molar-refractivity contribution < 1.29 is 13.6 Å². The van der Waals surface area contributed by atoms with Gasteiger partial charge in [-0.15, -0.1) is 0 Å². The van der Waals surface area contributed by atoms with Crippen LogP contribution in [-0.4, -0.2) is 23.8 Å². The van der Waals surface area contributed by atoms with Crippen molar-refractivity contribution in [3.8, 4) is 0 Å². The molecule has 0 radical (unpaired) electrons. The van der Waals surface area contributed by atoms with Gasteiger partial charge in [0.1, 0.15) is 17.2 Å². The van der Waals surface area contributed by atoms with Crippen LogP contribution in [0.1, 0.15) is 48.8 Å². The lowest BCUT2D eigenvalue weighted by Crippen LogP contribution is -2.52. The van der Waals surface area contributed by atoms with Crippen LogP contribution in [0.15, 0.2) is 47.5 Å². The molecule has 0 aromatic heterocycles. The van der Waals surface area contributed by atoms with E-state index in [1.165, 1.54) is 18.0 Å². The minimum absolute atomic E-state index is 0.00975. The summed E-state index contributed by atoms with van der Waals surface area (Å²) in [5.41, 5.74) is 12.5. The van der Waals surface area contributed by atoms with Crippen molar-refractivity contribution >= 4 is 11.9 Å². The molecule has 2 atom stereocenters. The van der Waals surface area contributed by atoms with Crippen molar-refractivity contribution in [1.82, 2.24) is 4.90 Å². The van der Waals surface area contributed by atoms with Gasteiger partial charge in [-0.3, -0.25) is 9.69 Å². The Hall–Kier alpha value is -2.80. The van der Waals surface area contributed by atoms with Gasteiger partial charge < -0.3 is 11.5 Å². The molecule has 0 bridgehead atoms. The van der Waals surface area contributed by atoms with Crippen LogP contribution in [0.3, 0.4) is 0 Å². The van der Waals surface area contributed by atoms with Crippen molar-refractivity contribution in [2.45, 2.75) is 43.2 Å². The summed E-state index contributed by atoms with van der Waals surface area (Å²) >= 11 is 0. The van der Waals surface area contributed by atoms with E-state index in [4.69, 9.17) is 11.5 Å². The van der Waals surface area contributed by atoms with Gasteiger partial charge in [-0.2, -0.15) is 0 Å². The van der Waals surface area contributed by atoms with Gasteiger partial charge in [-0.25, -0.2) is 13.8 Å². The molecular weight excluding hydrogens is 374 g/mol. The number of carbonyl (C=O) groups is 1. The summed E-state index contributed by atoms with van der Waals surface area (Å²) in [6.07, 6.45) is 2.95. The third-order valence-electron chi connectivity index (χ3n) is 6.37. The van der Waals surface area contributed by atoms with Gasteiger partial charge in [0.05, 0.1) is 5.92 Å². The van der Waals surface area contributed by atoms with Crippen LogP contribution in [0.4, 0.5) is 8.78 Å². The van der Waals surface area contributed by atoms with Crippen molar-refractivity contribution in [2.24, 2.45) is 16.5 Å². The lowest BCUT2D eigenvalue weighted by atomic mass is 9.71. The van der Waals surface area contributed by atoms with Gasteiger partial charge in [0.15, 0.2) is 5.96 Å². The van der Waals surface area contributed by atoms with Crippen molar-refractivity contribution in [2.75, 3.05) is 7.05 Å². The standard InChI is InChI=1S/C22H24F2N4O/c1-21(16-9-8-15(23)12-17(16)24)18(19(29)28(2)20(25)27-21)13-4-6-14(7-5-13)22(26)10-3-11-22/h4-9,12,18H,3,10-11,26H2,1-2H3,(H2,25,27)/t18-,21+/m0/s1. The number of hydrogen-bond donors (Lipinski definition) is 2. The zero-order chi connectivity index (χ0) is 21.0. The van der Waals surface area contributed by atoms with Crippen LogP contribution in [-0.2, 0) is 15.9 Å². The molecule has 1 fully saturated rings. The second-order valence-corrected chi connectivity index (χ2v) is 8.20. The highest BCUT2D eigenvalue weighted by Gasteiger charge is 2.48. The molecule has 1 aliphatic heterocycles. The summed E-state index contributed by atoms with van der Waals surface area (Å²) in [7, 11) is 1.53. The van der Waals surface area contributed by atoms with Crippen LogP contribution in [0.25, 0.3) is 0 Å². The molecule has 0 spiro atoms. The van der Waals surface area contributed by atoms with E-state index >= 15 is 0 Å². The Bertz CT molecular complexity index is 1000. The number of likely N-dealkylation sites (N-methyl/N-ethyl adjacent to an activating group) is 1. The Kier molecular flexibility index (Phi) is 4.46. The number of aliphatic imine (C=N–C) groups is 1. The molecule has 0 saturated heterocycles. The first-order valence-corrected chi connectivity index (χ1v) is 9.63. The first-order valence-electron chi connectivity index (χ1n) is 9.63. The van der Waals surface area contributed by atoms with E-state index in [1.54, 1.807) is 6.92 Å². The number of guanidine groups is 1. The van der Waals surface area contributed by atoms with Crippen molar-refractivity contribution in [1.29, 1.82) is 0 Å². The SMILES string of the molecule is CN1C(=O)[C@H](c2ccc(C3(N)CCC3)cc2)[C@@](C)(c2ccc(F)cc2F)N=C1N. The second-order valence-electron chi connectivity index (χ2n) is 8.20. The average Bonchev–Trinajstić information content (AvgIpc) is 2.64. The topological polar surface area (TPSA) is 84.7 Å². The number of amides is 1. The lowest BCUT2D eigenvalue weighted by Gasteiger charge is -2.41. The molecule has 29 heavy (non-hydrogen) atoms. The van der Waals surface area contributed by atoms with Crippen LogP contribution in [0, 0.1) is 11.6 Å².